The van der Waals surface area contributed by atoms with E-state index in [2.05, 4.69) is 6.92 Å². The first kappa shape index (κ1) is 11.9. The van der Waals surface area contributed by atoms with Gasteiger partial charge in [0.2, 0.25) is 0 Å². The molecule has 0 bridgehead atoms. The lowest BCUT2D eigenvalue weighted by molar-refractivity contribution is -0.0106. The van der Waals surface area contributed by atoms with Crippen molar-refractivity contribution in [3.8, 4) is 0 Å². The molecule has 0 atom stereocenters. The Bertz CT molecular complexity index is 265. The van der Waals surface area contributed by atoms with Crippen molar-refractivity contribution in [3.63, 3.8) is 0 Å². The zero-order chi connectivity index (χ0) is 10.7. The molecule has 0 aliphatic carbocycles. The van der Waals surface area contributed by atoms with Crippen molar-refractivity contribution >= 4 is 10.1 Å². The summed E-state index contributed by atoms with van der Waals surface area (Å²) in [6.07, 6.45) is 3.81. The van der Waals surface area contributed by atoms with E-state index >= 15 is 0 Å². The first-order valence-corrected chi connectivity index (χ1v) is 6.71. The molecule has 0 N–H and O–H groups in total. The summed E-state index contributed by atoms with van der Waals surface area (Å²) < 4.78 is 31.9. The monoisotopic (exact) mass is 222 g/mol. The van der Waals surface area contributed by atoms with Gasteiger partial charge in [-0.25, -0.2) is 0 Å². The van der Waals surface area contributed by atoms with Crippen molar-refractivity contribution in [3.05, 3.63) is 0 Å². The summed E-state index contributed by atoms with van der Waals surface area (Å²) >= 11 is 0. The normalized spacial score (nSPS) is 22.1. The number of ether oxygens (including phenoxy) is 1. The van der Waals surface area contributed by atoms with E-state index in [9.17, 15) is 8.42 Å². The number of hydrogen-bond acceptors (Lipinski definition) is 4. The lowest BCUT2D eigenvalue weighted by Crippen LogP contribution is -2.34. The molecule has 0 aromatic rings. The SMILES string of the molecule is CCC1(COS(C)(=O)=O)CCOCC1. The largest absolute Gasteiger partial charge is 0.381 e. The van der Waals surface area contributed by atoms with Crippen LogP contribution in [0.1, 0.15) is 26.2 Å². The Hall–Kier alpha value is -0.130. The molecule has 1 saturated heterocycles. The van der Waals surface area contributed by atoms with E-state index < -0.39 is 10.1 Å². The second-order valence-electron chi connectivity index (χ2n) is 3.93. The molecule has 0 saturated carbocycles. The van der Waals surface area contributed by atoms with Crippen molar-refractivity contribution in [1.29, 1.82) is 0 Å². The molecule has 4 nitrogen and oxygen atoms in total. The van der Waals surface area contributed by atoms with Gasteiger partial charge in [0.15, 0.2) is 0 Å². The van der Waals surface area contributed by atoms with E-state index in [0.717, 1.165) is 25.5 Å². The molecule has 0 aromatic carbocycles. The fraction of sp³-hybridized carbons (Fsp3) is 1.00. The molecule has 1 fully saturated rings. The van der Waals surface area contributed by atoms with Crippen LogP contribution in [0.5, 0.6) is 0 Å². The zero-order valence-electron chi connectivity index (χ0n) is 8.78. The van der Waals surface area contributed by atoms with E-state index in [1.54, 1.807) is 0 Å². The van der Waals surface area contributed by atoms with Crippen LogP contribution in [0.3, 0.4) is 0 Å². The minimum absolute atomic E-state index is 0.00132. The van der Waals surface area contributed by atoms with Crippen molar-refractivity contribution in [2.75, 3.05) is 26.1 Å². The van der Waals surface area contributed by atoms with Gasteiger partial charge in [0.25, 0.3) is 10.1 Å². The Kier molecular flexibility index (Phi) is 3.92. The fourth-order valence-electron chi connectivity index (χ4n) is 1.64. The molecule has 1 heterocycles. The lowest BCUT2D eigenvalue weighted by Gasteiger charge is -2.35. The van der Waals surface area contributed by atoms with Gasteiger partial charge in [-0.3, -0.25) is 4.18 Å². The highest BCUT2D eigenvalue weighted by Gasteiger charge is 2.32. The van der Waals surface area contributed by atoms with Gasteiger partial charge >= 0.3 is 0 Å². The molecule has 1 aliphatic rings. The van der Waals surface area contributed by atoms with Crippen LogP contribution in [0.2, 0.25) is 0 Å². The molecule has 1 rings (SSSR count). The highest BCUT2D eigenvalue weighted by molar-refractivity contribution is 7.85. The summed E-state index contributed by atoms with van der Waals surface area (Å²) in [6, 6.07) is 0. The summed E-state index contributed by atoms with van der Waals surface area (Å²) in [6.45, 7) is 3.78. The summed E-state index contributed by atoms with van der Waals surface area (Å²) in [5, 5.41) is 0. The van der Waals surface area contributed by atoms with E-state index in [1.165, 1.54) is 0 Å². The fourth-order valence-corrected chi connectivity index (χ4v) is 2.10. The molecule has 14 heavy (non-hydrogen) atoms. The molecule has 5 heteroatoms. The maximum Gasteiger partial charge on any atom is 0.264 e. The maximum absolute atomic E-state index is 10.9. The summed E-state index contributed by atoms with van der Waals surface area (Å²) in [7, 11) is -3.31. The van der Waals surface area contributed by atoms with E-state index in [1.807, 2.05) is 0 Å². The van der Waals surface area contributed by atoms with Crippen molar-refractivity contribution in [2.24, 2.45) is 5.41 Å². The van der Waals surface area contributed by atoms with Gasteiger partial charge in [-0.1, -0.05) is 6.92 Å². The molecule has 84 valence electrons. The van der Waals surface area contributed by atoms with Crippen LogP contribution in [0.25, 0.3) is 0 Å². The van der Waals surface area contributed by atoms with Gasteiger partial charge in [0.05, 0.1) is 12.9 Å². The maximum atomic E-state index is 10.9. The highest BCUT2D eigenvalue weighted by Crippen LogP contribution is 2.34. The van der Waals surface area contributed by atoms with E-state index in [0.29, 0.717) is 19.8 Å². The molecule has 0 aromatic heterocycles. The Balaban J connectivity index is 2.52. The molecular formula is C9H18O4S. The smallest absolute Gasteiger partial charge is 0.264 e. The van der Waals surface area contributed by atoms with Crippen LogP contribution >= 0.6 is 0 Å². The van der Waals surface area contributed by atoms with E-state index in [-0.39, 0.29) is 5.41 Å². The third-order valence-corrected chi connectivity index (χ3v) is 3.43. The Morgan fingerprint density at radius 3 is 2.36 bits per heavy atom. The molecule has 0 radical (unpaired) electrons. The third-order valence-electron chi connectivity index (χ3n) is 2.88. The average Bonchev–Trinajstić information content (AvgIpc) is 2.15. The van der Waals surface area contributed by atoms with Crippen molar-refractivity contribution in [2.45, 2.75) is 26.2 Å². The lowest BCUT2D eigenvalue weighted by atomic mass is 9.79. The molecule has 0 amide bonds. The van der Waals surface area contributed by atoms with Gasteiger partial charge in [-0.05, 0) is 24.7 Å². The van der Waals surface area contributed by atoms with Crippen LogP contribution < -0.4 is 0 Å². The van der Waals surface area contributed by atoms with Crippen LogP contribution in [-0.2, 0) is 19.0 Å². The van der Waals surface area contributed by atoms with Gasteiger partial charge < -0.3 is 4.74 Å². The summed E-state index contributed by atoms with van der Waals surface area (Å²) in [4.78, 5) is 0. The minimum Gasteiger partial charge on any atom is -0.381 e. The second kappa shape index (κ2) is 4.59. The van der Waals surface area contributed by atoms with Crippen LogP contribution in [-0.4, -0.2) is 34.5 Å². The Morgan fingerprint density at radius 2 is 1.93 bits per heavy atom. The predicted octanol–water partition coefficient (Wildman–Crippen LogP) is 1.17. The van der Waals surface area contributed by atoms with Crippen LogP contribution in [0.15, 0.2) is 0 Å². The molecule has 0 spiro atoms. The molecule has 1 aliphatic heterocycles. The topological polar surface area (TPSA) is 52.6 Å². The molecule has 0 unspecified atom stereocenters. The van der Waals surface area contributed by atoms with Crippen LogP contribution in [0, 0.1) is 5.41 Å². The standard InChI is InChI=1S/C9H18O4S/c1-3-9(4-6-12-7-5-9)8-13-14(2,10)11/h3-8H2,1-2H3. The Morgan fingerprint density at radius 1 is 1.36 bits per heavy atom. The van der Waals surface area contributed by atoms with Gasteiger partial charge in [-0.2, -0.15) is 8.42 Å². The molecular weight excluding hydrogens is 204 g/mol. The van der Waals surface area contributed by atoms with Gasteiger partial charge in [-0.15, -0.1) is 0 Å². The number of rotatable bonds is 4. The second-order valence-corrected chi connectivity index (χ2v) is 5.58. The predicted molar refractivity (Wildman–Crippen MR) is 53.6 cm³/mol. The first-order valence-electron chi connectivity index (χ1n) is 4.90. The van der Waals surface area contributed by atoms with Crippen molar-refractivity contribution < 1.29 is 17.3 Å². The summed E-state index contributed by atoms with van der Waals surface area (Å²) in [5.41, 5.74) is 0.00132. The van der Waals surface area contributed by atoms with E-state index in [4.69, 9.17) is 8.92 Å². The van der Waals surface area contributed by atoms with Gasteiger partial charge in [0.1, 0.15) is 0 Å². The third kappa shape index (κ3) is 3.55. The quantitative estimate of drug-likeness (QED) is 0.670. The van der Waals surface area contributed by atoms with Crippen LogP contribution in [0.4, 0.5) is 0 Å². The number of hydrogen-bond donors (Lipinski definition) is 0. The summed E-state index contributed by atoms with van der Waals surface area (Å²) in [5.74, 6) is 0. The highest BCUT2D eigenvalue weighted by atomic mass is 32.2. The van der Waals surface area contributed by atoms with Crippen molar-refractivity contribution in [1.82, 2.24) is 0 Å². The Labute approximate surface area is 85.7 Å². The zero-order valence-corrected chi connectivity index (χ0v) is 9.60. The minimum atomic E-state index is -3.31. The average molecular weight is 222 g/mol. The first-order chi connectivity index (χ1) is 6.47. The van der Waals surface area contributed by atoms with Gasteiger partial charge in [0, 0.05) is 13.2 Å².